The Morgan fingerprint density at radius 1 is 0.971 bits per heavy atom. The predicted molar refractivity (Wildman–Crippen MR) is 129 cm³/mol. The molecule has 0 unspecified atom stereocenters. The van der Waals surface area contributed by atoms with Gasteiger partial charge in [0.1, 0.15) is 17.3 Å². The van der Waals surface area contributed by atoms with Crippen LogP contribution in [-0.4, -0.2) is 26.0 Å². The molecule has 1 heterocycles. The number of nitrogens with one attached hydrogen (secondary N) is 1. The van der Waals surface area contributed by atoms with Crippen molar-refractivity contribution in [1.29, 1.82) is 0 Å². The molecule has 6 nitrogen and oxygen atoms in total. The second kappa shape index (κ2) is 9.95. The minimum absolute atomic E-state index is 0.0728. The van der Waals surface area contributed by atoms with Gasteiger partial charge in [0.2, 0.25) is 11.8 Å². The lowest BCUT2D eigenvalue weighted by Crippen LogP contribution is -2.47. The number of piperidine rings is 1. The molecule has 0 aliphatic carbocycles. The van der Waals surface area contributed by atoms with Crippen molar-refractivity contribution < 1.29 is 23.5 Å². The van der Waals surface area contributed by atoms with E-state index in [1.54, 1.807) is 50.3 Å². The molecule has 4 rings (SSSR count). The van der Waals surface area contributed by atoms with Crippen molar-refractivity contribution in [2.75, 3.05) is 24.4 Å². The Hall–Kier alpha value is -3.87. The van der Waals surface area contributed by atoms with Gasteiger partial charge in [-0.15, -0.1) is 0 Å². The molecule has 1 saturated heterocycles. The summed E-state index contributed by atoms with van der Waals surface area (Å²) in [7, 11) is 3.16. The molecular formula is C27H27FN2O4. The number of ether oxygens (including phenoxy) is 2. The van der Waals surface area contributed by atoms with Crippen LogP contribution in [0.15, 0.2) is 66.7 Å². The normalized spacial score (nSPS) is 17.9. The van der Waals surface area contributed by atoms with Crippen LogP contribution in [0, 0.1) is 18.7 Å². The Morgan fingerprint density at radius 3 is 2.18 bits per heavy atom. The third-order valence-electron chi connectivity index (χ3n) is 6.18. The topological polar surface area (TPSA) is 67.9 Å². The molecule has 0 spiro atoms. The molecule has 3 aromatic rings. The van der Waals surface area contributed by atoms with Gasteiger partial charge in [0, 0.05) is 17.8 Å². The molecule has 0 aromatic heterocycles. The van der Waals surface area contributed by atoms with E-state index in [1.165, 1.54) is 6.07 Å². The molecule has 0 saturated carbocycles. The lowest BCUT2D eigenvalue weighted by atomic mass is 9.83. The number of benzene rings is 3. The van der Waals surface area contributed by atoms with Crippen LogP contribution in [-0.2, 0) is 9.59 Å². The molecule has 34 heavy (non-hydrogen) atoms. The van der Waals surface area contributed by atoms with Crippen LogP contribution in [0.4, 0.5) is 15.8 Å². The minimum atomic E-state index is -0.546. The Morgan fingerprint density at radius 2 is 1.59 bits per heavy atom. The van der Waals surface area contributed by atoms with E-state index >= 15 is 0 Å². The molecule has 1 aliphatic rings. The number of methoxy groups -OCH3 is 2. The van der Waals surface area contributed by atoms with Gasteiger partial charge in [-0.1, -0.05) is 18.2 Å². The molecule has 176 valence electrons. The summed E-state index contributed by atoms with van der Waals surface area (Å²) < 4.78 is 24.6. The smallest absolute Gasteiger partial charge is 0.229 e. The van der Waals surface area contributed by atoms with Crippen LogP contribution in [0.3, 0.4) is 0 Å². The molecule has 2 amide bonds. The summed E-state index contributed by atoms with van der Waals surface area (Å²) in [6.45, 7) is 1.67. The molecule has 1 aliphatic heterocycles. The zero-order valence-electron chi connectivity index (χ0n) is 19.4. The lowest BCUT2D eigenvalue weighted by molar-refractivity contribution is -0.125. The van der Waals surface area contributed by atoms with E-state index in [9.17, 15) is 14.0 Å². The third kappa shape index (κ3) is 4.73. The first-order valence-corrected chi connectivity index (χ1v) is 11.1. The maximum Gasteiger partial charge on any atom is 0.229 e. The summed E-state index contributed by atoms with van der Waals surface area (Å²) in [5.74, 6) is 0.0788. The number of anilines is 2. The number of nitrogens with zero attached hydrogens (tertiary/aromatic N) is 1. The number of hydrogen-bond donors (Lipinski definition) is 1. The maximum atomic E-state index is 14.1. The summed E-state index contributed by atoms with van der Waals surface area (Å²) in [6.07, 6.45) is 0.599. The van der Waals surface area contributed by atoms with Gasteiger partial charge in [0.05, 0.1) is 26.2 Å². The predicted octanol–water partition coefficient (Wildman–Crippen LogP) is 5.27. The largest absolute Gasteiger partial charge is 0.497 e. The molecular weight excluding hydrogens is 435 g/mol. The van der Waals surface area contributed by atoms with Crippen molar-refractivity contribution in [3.63, 3.8) is 0 Å². The van der Waals surface area contributed by atoms with E-state index in [0.717, 1.165) is 5.56 Å². The van der Waals surface area contributed by atoms with Crippen molar-refractivity contribution in [3.8, 4) is 11.5 Å². The number of amides is 2. The van der Waals surface area contributed by atoms with Crippen molar-refractivity contribution >= 4 is 23.2 Å². The van der Waals surface area contributed by atoms with Crippen molar-refractivity contribution in [2.45, 2.75) is 25.8 Å². The van der Waals surface area contributed by atoms with Crippen LogP contribution in [0.25, 0.3) is 0 Å². The van der Waals surface area contributed by atoms with Crippen LogP contribution in [0.1, 0.15) is 30.0 Å². The highest BCUT2D eigenvalue weighted by Crippen LogP contribution is 2.41. The number of carbonyl (C=O) groups excluding carboxylic acids is 2. The van der Waals surface area contributed by atoms with Crippen molar-refractivity contribution in [2.24, 2.45) is 5.92 Å². The van der Waals surface area contributed by atoms with Gasteiger partial charge in [-0.25, -0.2) is 4.39 Å². The first kappa shape index (κ1) is 23.3. The van der Waals surface area contributed by atoms with Crippen LogP contribution >= 0.6 is 0 Å². The lowest BCUT2D eigenvalue weighted by Gasteiger charge is -2.41. The van der Waals surface area contributed by atoms with Gasteiger partial charge < -0.3 is 19.7 Å². The summed E-state index contributed by atoms with van der Waals surface area (Å²) in [5.41, 5.74) is 2.36. The number of halogens is 1. The second-order valence-corrected chi connectivity index (χ2v) is 8.28. The highest BCUT2D eigenvalue weighted by atomic mass is 19.1. The zero-order chi connectivity index (χ0) is 24.2. The molecule has 1 fully saturated rings. The zero-order valence-corrected chi connectivity index (χ0v) is 19.4. The molecule has 0 radical (unpaired) electrons. The van der Waals surface area contributed by atoms with Gasteiger partial charge in [0.15, 0.2) is 0 Å². The average molecular weight is 463 g/mol. The molecule has 0 bridgehead atoms. The Bertz CT molecular complexity index is 1180. The maximum absolute atomic E-state index is 14.1. The Kier molecular flexibility index (Phi) is 6.82. The van der Waals surface area contributed by atoms with Gasteiger partial charge in [-0.2, -0.15) is 0 Å². The molecule has 2 atom stereocenters. The fourth-order valence-electron chi connectivity index (χ4n) is 4.30. The van der Waals surface area contributed by atoms with Crippen molar-refractivity contribution in [1.82, 2.24) is 0 Å². The fraction of sp³-hybridized carbons (Fsp3) is 0.259. The quantitative estimate of drug-likeness (QED) is 0.542. The van der Waals surface area contributed by atoms with E-state index in [0.29, 0.717) is 34.9 Å². The molecule has 7 heteroatoms. The van der Waals surface area contributed by atoms with Gasteiger partial charge in [-0.05, 0) is 73.0 Å². The minimum Gasteiger partial charge on any atom is -0.497 e. The summed E-state index contributed by atoms with van der Waals surface area (Å²) in [6, 6.07) is 18.6. The monoisotopic (exact) mass is 462 g/mol. The number of hydrogen-bond acceptors (Lipinski definition) is 4. The third-order valence-corrected chi connectivity index (χ3v) is 6.18. The van der Waals surface area contributed by atoms with Crippen LogP contribution in [0.2, 0.25) is 0 Å². The molecule has 1 N–H and O–H groups in total. The number of carbonyl (C=O) groups is 2. The van der Waals surface area contributed by atoms with E-state index in [2.05, 4.69) is 5.32 Å². The Labute approximate surface area is 198 Å². The van der Waals surface area contributed by atoms with E-state index in [-0.39, 0.29) is 24.1 Å². The van der Waals surface area contributed by atoms with E-state index < -0.39 is 12.0 Å². The van der Waals surface area contributed by atoms with E-state index in [4.69, 9.17) is 9.47 Å². The highest BCUT2D eigenvalue weighted by Gasteiger charge is 2.41. The first-order valence-electron chi connectivity index (χ1n) is 11.1. The van der Waals surface area contributed by atoms with Crippen molar-refractivity contribution in [3.05, 3.63) is 83.7 Å². The standard InChI is InChI=1S/C27H27FN2O4/c1-17-4-7-19(16-24(17)28)29-27(32)23-14-15-25(31)30(20-8-12-22(34-3)13-9-20)26(23)18-5-10-21(33-2)11-6-18/h4-13,16,23,26H,14-15H2,1-3H3,(H,29,32)/t23-,26-/m0/s1. The number of rotatable bonds is 6. The average Bonchev–Trinajstić information content (AvgIpc) is 2.86. The fourth-order valence-corrected chi connectivity index (χ4v) is 4.30. The van der Waals surface area contributed by atoms with Crippen LogP contribution in [0.5, 0.6) is 11.5 Å². The van der Waals surface area contributed by atoms with Gasteiger partial charge in [0.25, 0.3) is 0 Å². The van der Waals surface area contributed by atoms with Gasteiger partial charge in [-0.3, -0.25) is 9.59 Å². The van der Waals surface area contributed by atoms with Crippen LogP contribution < -0.4 is 19.7 Å². The summed E-state index contributed by atoms with van der Waals surface area (Å²) >= 11 is 0. The summed E-state index contributed by atoms with van der Waals surface area (Å²) in [4.78, 5) is 28.3. The number of aryl methyl sites for hydroxylation is 1. The highest BCUT2D eigenvalue weighted by molar-refractivity contribution is 6.00. The SMILES string of the molecule is COc1ccc([C@H]2[C@@H](C(=O)Nc3ccc(C)c(F)c3)CCC(=O)N2c2ccc(OC)cc2)cc1. The Balaban J connectivity index is 1.72. The van der Waals surface area contributed by atoms with Gasteiger partial charge >= 0.3 is 0 Å². The molecule has 3 aromatic carbocycles. The van der Waals surface area contributed by atoms with E-state index in [1.807, 2.05) is 36.4 Å². The first-order chi connectivity index (χ1) is 16.4. The summed E-state index contributed by atoms with van der Waals surface area (Å²) in [5, 5.41) is 2.85. The second-order valence-electron chi connectivity index (χ2n) is 8.28.